The average Bonchev–Trinajstić information content (AvgIpc) is 2.59. The fraction of sp³-hybridized carbons (Fsp3) is 0.350. The summed E-state index contributed by atoms with van der Waals surface area (Å²) in [5.41, 5.74) is 1.53. The topological polar surface area (TPSA) is 58.6 Å². The van der Waals surface area contributed by atoms with Crippen molar-refractivity contribution in [1.82, 2.24) is 5.32 Å². The summed E-state index contributed by atoms with van der Waals surface area (Å²) in [5.74, 6) is -1.53. The van der Waals surface area contributed by atoms with Crippen molar-refractivity contribution < 1.29 is 27.8 Å². The van der Waals surface area contributed by atoms with Crippen molar-refractivity contribution >= 4 is 5.97 Å². The molecule has 27 heavy (non-hydrogen) atoms. The zero-order chi connectivity index (χ0) is 20.0. The Kier molecular flexibility index (Phi) is 6.85. The van der Waals surface area contributed by atoms with Gasteiger partial charge in [-0.1, -0.05) is 29.8 Å². The number of aryl methyl sites for hydroxylation is 1. The number of nitrogens with one attached hydrogen (secondary N) is 1. The second kappa shape index (κ2) is 8.90. The molecule has 0 aromatic heterocycles. The van der Waals surface area contributed by atoms with Crippen molar-refractivity contribution in [3.63, 3.8) is 0 Å². The van der Waals surface area contributed by atoms with Crippen LogP contribution in [0.4, 0.5) is 13.2 Å². The monoisotopic (exact) mass is 381 g/mol. The highest BCUT2D eigenvalue weighted by atomic mass is 19.4. The van der Waals surface area contributed by atoms with E-state index in [1.807, 2.05) is 31.2 Å². The maximum absolute atomic E-state index is 13.0. The molecule has 4 nitrogen and oxygen atoms in total. The predicted octanol–water partition coefficient (Wildman–Crippen LogP) is 4.06. The van der Waals surface area contributed by atoms with Gasteiger partial charge in [0, 0.05) is 13.1 Å². The van der Waals surface area contributed by atoms with Gasteiger partial charge in [-0.15, -0.1) is 0 Å². The molecule has 1 atom stereocenters. The molecule has 7 heteroatoms. The minimum atomic E-state index is -4.47. The SMILES string of the molecule is COc1cc(CNCC(Cc2cccc(C)c2)C(=O)O)cc(C(F)(F)F)c1. The van der Waals surface area contributed by atoms with Crippen LogP contribution in [0.3, 0.4) is 0 Å². The molecule has 0 bridgehead atoms. The van der Waals surface area contributed by atoms with Crippen LogP contribution in [0, 0.1) is 12.8 Å². The number of carboxylic acid groups (broad SMARTS) is 1. The van der Waals surface area contributed by atoms with Crippen LogP contribution in [-0.4, -0.2) is 24.7 Å². The highest BCUT2D eigenvalue weighted by Gasteiger charge is 2.31. The second-order valence-corrected chi connectivity index (χ2v) is 6.43. The van der Waals surface area contributed by atoms with Crippen molar-refractivity contribution in [3.8, 4) is 5.75 Å². The lowest BCUT2D eigenvalue weighted by Gasteiger charge is -2.15. The van der Waals surface area contributed by atoms with E-state index < -0.39 is 23.6 Å². The van der Waals surface area contributed by atoms with Gasteiger partial charge in [0.25, 0.3) is 0 Å². The van der Waals surface area contributed by atoms with Gasteiger partial charge in [0.05, 0.1) is 18.6 Å². The van der Waals surface area contributed by atoms with E-state index in [4.69, 9.17) is 4.74 Å². The number of methoxy groups -OCH3 is 1. The summed E-state index contributed by atoms with van der Waals surface area (Å²) in [7, 11) is 1.30. The number of aliphatic carboxylic acids is 1. The summed E-state index contributed by atoms with van der Waals surface area (Å²) < 4.78 is 43.8. The zero-order valence-corrected chi connectivity index (χ0v) is 15.1. The average molecular weight is 381 g/mol. The third kappa shape index (κ3) is 6.29. The smallest absolute Gasteiger partial charge is 0.416 e. The lowest BCUT2D eigenvalue weighted by molar-refractivity contribution is -0.141. The molecule has 0 spiro atoms. The van der Waals surface area contributed by atoms with Crippen molar-refractivity contribution in [3.05, 3.63) is 64.7 Å². The van der Waals surface area contributed by atoms with Crippen LogP contribution in [0.15, 0.2) is 42.5 Å². The first kappa shape index (κ1) is 20.8. The number of carbonyl (C=O) groups is 1. The molecular weight excluding hydrogens is 359 g/mol. The first-order valence-electron chi connectivity index (χ1n) is 8.43. The molecule has 146 valence electrons. The first-order chi connectivity index (χ1) is 12.7. The molecule has 0 aliphatic heterocycles. The Hall–Kier alpha value is -2.54. The van der Waals surface area contributed by atoms with E-state index in [0.29, 0.717) is 12.0 Å². The molecule has 0 aliphatic carbocycles. The first-order valence-corrected chi connectivity index (χ1v) is 8.43. The maximum Gasteiger partial charge on any atom is 0.416 e. The van der Waals surface area contributed by atoms with Gasteiger partial charge in [-0.3, -0.25) is 4.79 Å². The molecule has 2 aromatic carbocycles. The number of rotatable bonds is 8. The van der Waals surface area contributed by atoms with E-state index in [2.05, 4.69) is 5.32 Å². The van der Waals surface area contributed by atoms with Gasteiger partial charge in [0.15, 0.2) is 0 Å². The van der Waals surface area contributed by atoms with E-state index in [-0.39, 0.29) is 18.8 Å². The molecule has 2 rings (SSSR count). The molecule has 1 unspecified atom stereocenters. The molecule has 0 heterocycles. The minimum Gasteiger partial charge on any atom is -0.497 e. The van der Waals surface area contributed by atoms with E-state index in [9.17, 15) is 23.1 Å². The number of carboxylic acids is 1. The van der Waals surface area contributed by atoms with Gasteiger partial charge >= 0.3 is 12.1 Å². The standard InChI is InChI=1S/C20H22F3NO3/c1-13-4-3-5-14(6-13)7-16(19(25)26)12-24-11-15-8-17(20(21,22)23)10-18(9-15)27-2/h3-6,8-10,16,24H,7,11-12H2,1-2H3,(H,25,26). The maximum atomic E-state index is 13.0. The molecule has 0 fully saturated rings. The number of hydrogen-bond acceptors (Lipinski definition) is 3. The Labute approximate surface area is 156 Å². The molecule has 2 aromatic rings. The quantitative estimate of drug-likeness (QED) is 0.724. The van der Waals surface area contributed by atoms with Crippen LogP contribution in [-0.2, 0) is 23.9 Å². The van der Waals surface area contributed by atoms with Crippen LogP contribution < -0.4 is 10.1 Å². The van der Waals surface area contributed by atoms with Crippen molar-refractivity contribution in [2.24, 2.45) is 5.92 Å². The van der Waals surface area contributed by atoms with Gasteiger partial charge in [0.1, 0.15) is 5.75 Å². The van der Waals surface area contributed by atoms with E-state index in [1.165, 1.54) is 13.2 Å². The highest BCUT2D eigenvalue weighted by Crippen LogP contribution is 2.32. The van der Waals surface area contributed by atoms with E-state index in [0.717, 1.165) is 23.3 Å². The molecule has 0 saturated carbocycles. The lowest BCUT2D eigenvalue weighted by atomic mass is 9.98. The second-order valence-electron chi connectivity index (χ2n) is 6.43. The van der Waals surface area contributed by atoms with E-state index >= 15 is 0 Å². The van der Waals surface area contributed by atoms with Crippen LogP contribution >= 0.6 is 0 Å². The number of ether oxygens (including phenoxy) is 1. The molecule has 0 aliphatic rings. The van der Waals surface area contributed by atoms with Gasteiger partial charge in [-0.25, -0.2) is 0 Å². The minimum absolute atomic E-state index is 0.108. The molecule has 0 radical (unpaired) electrons. The van der Waals surface area contributed by atoms with Gasteiger partial charge in [-0.05, 0) is 42.7 Å². The number of alkyl halides is 3. The van der Waals surface area contributed by atoms with Gasteiger partial charge in [-0.2, -0.15) is 13.2 Å². The largest absolute Gasteiger partial charge is 0.497 e. The van der Waals surface area contributed by atoms with Crippen molar-refractivity contribution in [2.75, 3.05) is 13.7 Å². The predicted molar refractivity (Wildman–Crippen MR) is 95.7 cm³/mol. The Morgan fingerprint density at radius 2 is 1.93 bits per heavy atom. The van der Waals surface area contributed by atoms with Crippen LogP contribution in [0.25, 0.3) is 0 Å². The molecule has 2 N–H and O–H groups in total. The Bertz CT molecular complexity index is 790. The van der Waals surface area contributed by atoms with Gasteiger partial charge in [0.2, 0.25) is 0 Å². The number of halogens is 3. The summed E-state index contributed by atoms with van der Waals surface area (Å²) in [5, 5.41) is 12.4. The van der Waals surface area contributed by atoms with Crippen molar-refractivity contribution in [2.45, 2.75) is 26.1 Å². The fourth-order valence-electron chi connectivity index (χ4n) is 2.81. The fourth-order valence-corrected chi connectivity index (χ4v) is 2.81. The molecule has 0 saturated heterocycles. The highest BCUT2D eigenvalue weighted by molar-refractivity contribution is 5.70. The number of hydrogen-bond donors (Lipinski definition) is 2. The summed E-state index contributed by atoms with van der Waals surface area (Å²) in [4.78, 5) is 11.5. The lowest BCUT2D eigenvalue weighted by Crippen LogP contribution is -2.30. The molecule has 0 amide bonds. The van der Waals surface area contributed by atoms with Crippen LogP contribution in [0.2, 0.25) is 0 Å². The van der Waals surface area contributed by atoms with Crippen LogP contribution in [0.1, 0.15) is 22.3 Å². The van der Waals surface area contributed by atoms with Crippen LogP contribution in [0.5, 0.6) is 5.75 Å². The Balaban J connectivity index is 2.03. The molecular formula is C20H22F3NO3. The summed E-state index contributed by atoms with van der Waals surface area (Å²) in [6.45, 7) is 2.18. The summed E-state index contributed by atoms with van der Waals surface area (Å²) >= 11 is 0. The number of benzene rings is 2. The van der Waals surface area contributed by atoms with Crippen molar-refractivity contribution in [1.29, 1.82) is 0 Å². The third-order valence-electron chi connectivity index (χ3n) is 4.16. The van der Waals surface area contributed by atoms with E-state index in [1.54, 1.807) is 0 Å². The Morgan fingerprint density at radius 3 is 2.52 bits per heavy atom. The zero-order valence-electron chi connectivity index (χ0n) is 15.1. The summed E-state index contributed by atoms with van der Waals surface area (Å²) in [6.07, 6.45) is -4.13. The third-order valence-corrected chi connectivity index (χ3v) is 4.16. The normalized spacial score (nSPS) is 12.6. The Morgan fingerprint density at radius 1 is 1.19 bits per heavy atom. The van der Waals surface area contributed by atoms with Gasteiger partial charge < -0.3 is 15.2 Å². The summed E-state index contributed by atoms with van der Waals surface area (Å²) in [6, 6.07) is 11.0.